The number of benzene rings is 1. The molecule has 0 aliphatic carbocycles. The van der Waals surface area contributed by atoms with Gasteiger partial charge in [-0.2, -0.15) is 0 Å². The zero-order chi connectivity index (χ0) is 13.8. The van der Waals surface area contributed by atoms with E-state index in [0.717, 1.165) is 23.6 Å². The summed E-state index contributed by atoms with van der Waals surface area (Å²) in [5.74, 6) is 0. The normalized spacial score (nSPS) is 10.4. The van der Waals surface area contributed by atoms with Crippen LogP contribution in [0.15, 0.2) is 67.1 Å². The van der Waals surface area contributed by atoms with Gasteiger partial charge in [-0.3, -0.25) is 4.98 Å². The van der Waals surface area contributed by atoms with Gasteiger partial charge >= 0.3 is 0 Å². The van der Waals surface area contributed by atoms with Gasteiger partial charge in [0.15, 0.2) is 0 Å². The third-order valence-corrected chi connectivity index (χ3v) is 3.19. The molecule has 3 rings (SSSR count). The van der Waals surface area contributed by atoms with Crippen molar-refractivity contribution in [2.24, 2.45) is 0 Å². The summed E-state index contributed by atoms with van der Waals surface area (Å²) in [4.78, 5) is 4.40. The second kappa shape index (κ2) is 5.61. The van der Waals surface area contributed by atoms with E-state index in [1.807, 2.05) is 37.6 Å². The van der Waals surface area contributed by atoms with Gasteiger partial charge in [-0.15, -0.1) is 0 Å². The van der Waals surface area contributed by atoms with Crippen molar-refractivity contribution in [2.75, 3.05) is 5.32 Å². The SMILES string of the molecule is Cc1ccc(CNc2cccc(-n3cccc3)c2)nc1. The largest absolute Gasteiger partial charge is 0.379 e. The number of anilines is 1. The van der Waals surface area contributed by atoms with Crippen molar-refractivity contribution in [3.63, 3.8) is 0 Å². The molecule has 3 aromatic rings. The molecule has 0 atom stereocenters. The van der Waals surface area contributed by atoms with Crippen LogP contribution in [0, 0.1) is 6.92 Å². The molecule has 2 aromatic heterocycles. The second-order valence-corrected chi connectivity index (χ2v) is 4.82. The molecule has 1 N–H and O–H groups in total. The highest BCUT2D eigenvalue weighted by molar-refractivity contribution is 5.51. The summed E-state index contributed by atoms with van der Waals surface area (Å²) in [7, 11) is 0. The molecule has 0 radical (unpaired) electrons. The van der Waals surface area contributed by atoms with Crippen molar-refractivity contribution in [3.8, 4) is 5.69 Å². The summed E-state index contributed by atoms with van der Waals surface area (Å²) in [5.41, 5.74) is 4.47. The first-order valence-corrected chi connectivity index (χ1v) is 6.70. The van der Waals surface area contributed by atoms with Crippen LogP contribution in [0.3, 0.4) is 0 Å². The molecule has 0 aliphatic rings. The maximum atomic E-state index is 4.40. The van der Waals surface area contributed by atoms with Crippen LogP contribution in [-0.4, -0.2) is 9.55 Å². The molecular formula is C17H17N3. The Hall–Kier alpha value is -2.55. The van der Waals surface area contributed by atoms with Crippen molar-refractivity contribution >= 4 is 5.69 Å². The summed E-state index contributed by atoms with van der Waals surface area (Å²) >= 11 is 0. The summed E-state index contributed by atoms with van der Waals surface area (Å²) in [5, 5.41) is 3.41. The van der Waals surface area contributed by atoms with Gasteiger partial charge in [0.25, 0.3) is 0 Å². The Labute approximate surface area is 118 Å². The van der Waals surface area contributed by atoms with Gasteiger partial charge in [0.2, 0.25) is 0 Å². The fourth-order valence-electron chi connectivity index (χ4n) is 2.08. The standard InChI is InChI=1S/C17H17N3/c1-14-7-8-16(18-12-14)13-19-15-5-4-6-17(11-15)20-9-2-3-10-20/h2-12,19H,13H2,1H3. The number of pyridine rings is 1. The Morgan fingerprint density at radius 1 is 1.05 bits per heavy atom. The Morgan fingerprint density at radius 3 is 2.65 bits per heavy atom. The van der Waals surface area contributed by atoms with Crippen LogP contribution < -0.4 is 5.32 Å². The Balaban J connectivity index is 1.72. The topological polar surface area (TPSA) is 29.9 Å². The summed E-state index contributed by atoms with van der Waals surface area (Å²) < 4.78 is 2.09. The van der Waals surface area contributed by atoms with Crippen LogP contribution in [0.5, 0.6) is 0 Å². The minimum absolute atomic E-state index is 0.732. The summed E-state index contributed by atoms with van der Waals surface area (Å²) in [6.45, 7) is 2.78. The van der Waals surface area contributed by atoms with Crippen molar-refractivity contribution in [1.29, 1.82) is 0 Å². The summed E-state index contributed by atoms with van der Waals surface area (Å²) in [6, 6.07) is 16.5. The number of hydrogen-bond donors (Lipinski definition) is 1. The maximum Gasteiger partial charge on any atom is 0.0594 e. The zero-order valence-electron chi connectivity index (χ0n) is 11.5. The first-order chi connectivity index (χ1) is 9.81. The third-order valence-electron chi connectivity index (χ3n) is 3.19. The van der Waals surface area contributed by atoms with E-state index >= 15 is 0 Å². The van der Waals surface area contributed by atoms with Gasteiger partial charge in [0, 0.05) is 30.0 Å². The minimum Gasteiger partial charge on any atom is -0.379 e. The van der Waals surface area contributed by atoms with Crippen molar-refractivity contribution in [2.45, 2.75) is 13.5 Å². The molecule has 2 heterocycles. The monoisotopic (exact) mass is 263 g/mol. The number of rotatable bonds is 4. The van der Waals surface area contributed by atoms with E-state index in [4.69, 9.17) is 0 Å². The molecule has 0 aliphatic heterocycles. The molecule has 0 saturated heterocycles. The molecule has 0 spiro atoms. The van der Waals surface area contributed by atoms with Gasteiger partial charge < -0.3 is 9.88 Å². The molecule has 3 heteroatoms. The number of nitrogens with zero attached hydrogens (tertiary/aromatic N) is 2. The molecule has 100 valence electrons. The molecule has 0 fully saturated rings. The fourth-order valence-corrected chi connectivity index (χ4v) is 2.08. The van der Waals surface area contributed by atoms with Crippen LogP contribution in [-0.2, 0) is 6.54 Å². The lowest BCUT2D eigenvalue weighted by Crippen LogP contribution is -2.02. The second-order valence-electron chi connectivity index (χ2n) is 4.82. The molecule has 0 unspecified atom stereocenters. The average molecular weight is 263 g/mol. The van der Waals surface area contributed by atoms with E-state index in [0.29, 0.717) is 0 Å². The minimum atomic E-state index is 0.732. The lowest BCUT2D eigenvalue weighted by Gasteiger charge is -2.09. The van der Waals surface area contributed by atoms with Gasteiger partial charge in [0.05, 0.1) is 12.2 Å². The number of aryl methyl sites for hydroxylation is 1. The van der Waals surface area contributed by atoms with Crippen molar-refractivity contribution in [1.82, 2.24) is 9.55 Å². The molecule has 0 amide bonds. The predicted molar refractivity (Wildman–Crippen MR) is 82.1 cm³/mol. The quantitative estimate of drug-likeness (QED) is 0.776. The summed E-state index contributed by atoms with van der Waals surface area (Å²) in [6.07, 6.45) is 5.98. The van der Waals surface area contributed by atoms with Crippen LogP contribution in [0.25, 0.3) is 5.69 Å². The molecule has 1 aromatic carbocycles. The maximum absolute atomic E-state index is 4.40. The van der Waals surface area contributed by atoms with E-state index in [2.05, 4.69) is 51.3 Å². The van der Waals surface area contributed by atoms with Gasteiger partial charge in [-0.25, -0.2) is 0 Å². The van der Waals surface area contributed by atoms with Crippen LogP contribution in [0.4, 0.5) is 5.69 Å². The molecule has 3 nitrogen and oxygen atoms in total. The highest BCUT2D eigenvalue weighted by Gasteiger charge is 1.98. The number of aromatic nitrogens is 2. The molecular weight excluding hydrogens is 246 g/mol. The number of hydrogen-bond acceptors (Lipinski definition) is 2. The fraction of sp³-hybridized carbons (Fsp3) is 0.118. The zero-order valence-corrected chi connectivity index (χ0v) is 11.5. The van der Waals surface area contributed by atoms with Gasteiger partial charge in [-0.05, 0) is 48.9 Å². The van der Waals surface area contributed by atoms with E-state index in [1.54, 1.807) is 0 Å². The van der Waals surface area contributed by atoms with Crippen LogP contribution in [0.2, 0.25) is 0 Å². The molecule has 0 bridgehead atoms. The average Bonchev–Trinajstić information content (AvgIpc) is 3.01. The lowest BCUT2D eigenvalue weighted by molar-refractivity contribution is 1.03. The van der Waals surface area contributed by atoms with Crippen LogP contribution >= 0.6 is 0 Å². The third kappa shape index (κ3) is 2.88. The van der Waals surface area contributed by atoms with E-state index in [-0.39, 0.29) is 0 Å². The first kappa shape index (κ1) is 12.5. The van der Waals surface area contributed by atoms with E-state index in [1.165, 1.54) is 5.56 Å². The lowest BCUT2D eigenvalue weighted by atomic mass is 10.2. The van der Waals surface area contributed by atoms with Crippen molar-refractivity contribution in [3.05, 3.63) is 78.4 Å². The smallest absolute Gasteiger partial charge is 0.0594 e. The Kier molecular flexibility index (Phi) is 3.50. The highest BCUT2D eigenvalue weighted by Crippen LogP contribution is 2.15. The highest BCUT2D eigenvalue weighted by atomic mass is 15.0. The predicted octanol–water partition coefficient (Wildman–Crippen LogP) is 3.79. The van der Waals surface area contributed by atoms with Crippen molar-refractivity contribution < 1.29 is 0 Å². The Bertz CT molecular complexity index is 670. The van der Waals surface area contributed by atoms with E-state index < -0.39 is 0 Å². The van der Waals surface area contributed by atoms with E-state index in [9.17, 15) is 0 Å². The Morgan fingerprint density at radius 2 is 1.90 bits per heavy atom. The van der Waals surface area contributed by atoms with Gasteiger partial charge in [-0.1, -0.05) is 12.1 Å². The molecule has 0 saturated carbocycles. The molecule has 20 heavy (non-hydrogen) atoms. The first-order valence-electron chi connectivity index (χ1n) is 6.70. The van der Waals surface area contributed by atoms with Crippen LogP contribution in [0.1, 0.15) is 11.3 Å². The number of nitrogens with one attached hydrogen (secondary N) is 1. The van der Waals surface area contributed by atoms with Gasteiger partial charge in [0.1, 0.15) is 0 Å².